The molecule has 0 unspecified atom stereocenters. The number of aliphatic imine (C=N–C) groups is 1. The van der Waals surface area contributed by atoms with Gasteiger partial charge in [-0.1, -0.05) is 6.07 Å². The van der Waals surface area contributed by atoms with Gasteiger partial charge in [-0.3, -0.25) is 9.89 Å². The zero-order valence-corrected chi connectivity index (χ0v) is 13.8. The number of rotatable bonds is 5. The Bertz CT molecular complexity index is 541. The summed E-state index contributed by atoms with van der Waals surface area (Å²) in [6, 6.07) is 4.11. The van der Waals surface area contributed by atoms with Crippen LogP contribution in [0.15, 0.2) is 22.5 Å². The number of thiophene rings is 1. The zero-order chi connectivity index (χ0) is 15.1. The van der Waals surface area contributed by atoms with Crippen molar-refractivity contribution in [1.82, 2.24) is 15.5 Å². The van der Waals surface area contributed by atoms with Gasteiger partial charge in [0.2, 0.25) is 0 Å². The summed E-state index contributed by atoms with van der Waals surface area (Å²) in [5.74, 6) is 1.32. The monoisotopic (exact) mass is 330 g/mol. The van der Waals surface area contributed by atoms with E-state index in [0.717, 1.165) is 25.6 Å². The second-order valence-corrected chi connectivity index (χ2v) is 8.26. The van der Waals surface area contributed by atoms with E-state index in [-0.39, 0.29) is 11.5 Å². The van der Waals surface area contributed by atoms with Gasteiger partial charge in [0.25, 0.3) is 0 Å². The second-order valence-electron chi connectivity index (χ2n) is 4.93. The molecule has 8 heteroatoms. The number of hydrogen-bond acceptors (Lipinski definition) is 5. The molecule has 6 nitrogen and oxygen atoms in total. The molecule has 1 aromatic heterocycles. The lowest BCUT2D eigenvalue weighted by molar-refractivity contribution is 0.299. The normalized spacial score (nSPS) is 19.4. The molecule has 1 saturated heterocycles. The summed E-state index contributed by atoms with van der Waals surface area (Å²) in [7, 11) is -1.05. The second kappa shape index (κ2) is 7.77. The number of nitrogens with zero attached hydrogens (tertiary/aromatic N) is 2. The Balaban J connectivity index is 1.65. The van der Waals surface area contributed by atoms with Gasteiger partial charge in [0.05, 0.1) is 18.1 Å². The summed E-state index contributed by atoms with van der Waals surface area (Å²) in [6.45, 7) is 3.61. The van der Waals surface area contributed by atoms with Crippen LogP contribution in [0.4, 0.5) is 0 Å². The zero-order valence-electron chi connectivity index (χ0n) is 12.2. The van der Waals surface area contributed by atoms with E-state index in [4.69, 9.17) is 0 Å². The summed E-state index contributed by atoms with van der Waals surface area (Å²) in [4.78, 5) is 7.61. The third-order valence-electron chi connectivity index (χ3n) is 3.39. The maximum atomic E-state index is 11.4. The molecule has 0 spiro atoms. The first-order chi connectivity index (χ1) is 10.1. The Morgan fingerprint density at radius 1 is 1.38 bits per heavy atom. The van der Waals surface area contributed by atoms with Crippen LogP contribution in [-0.4, -0.2) is 64.0 Å². The Labute approximate surface area is 130 Å². The molecule has 2 N–H and O–H groups in total. The average molecular weight is 330 g/mol. The van der Waals surface area contributed by atoms with Gasteiger partial charge < -0.3 is 10.6 Å². The minimum absolute atomic E-state index is 0.276. The quantitative estimate of drug-likeness (QED) is 0.594. The molecule has 1 aromatic rings. The first-order valence-electron chi connectivity index (χ1n) is 6.99. The Morgan fingerprint density at radius 3 is 2.76 bits per heavy atom. The molecule has 21 heavy (non-hydrogen) atoms. The van der Waals surface area contributed by atoms with Crippen LogP contribution in [0, 0.1) is 0 Å². The van der Waals surface area contributed by atoms with Crippen molar-refractivity contribution in [2.24, 2.45) is 4.99 Å². The van der Waals surface area contributed by atoms with Crippen molar-refractivity contribution in [2.75, 3.05) is 44.7 Å². The molecule has 2 heterocycles. The fourth-order valence-corrected chi connectivity index (χ4v) is 4.03. The SMILES string of the molecule is CN=C(NCCN1CCS(=O)(=O)CC1)NCc1cccs1. The molecule has 0 aliphatic carbocycles. The van der Waals surface area contributed by atoms with Gasteiger partial charge in [0.1, 0.15) is 0 Å². The molecule has 0 radical (unpaired) electrons. The Morgan fingerprint density at radius 2 is 2.14 bits per heavy atom. The van der Waals surface area contributed by atoms with Crippen molar-refractivity contribution in [3.8, 4) is 0 Å². The van der Waals surface area contributed by atoms with Crippen LogP contribution in [0.5, 0.6) is 0 Å². The highest BCUT2D eigenvalue weighted by Gasteiger charge is 2.20. The van der Waals surface area contributed by atoms with E-state index in [0.29, 0.717) is 13.1 Å². The molecular formula is C13H22N4O2S2. The van der Waals surface area contributed by atoms with Crippen molar-refractivity contribution in [1.29, 1.82) is 0 Å². The minimum atomic E-state index is -2.79. The van der Waals surface area contributed by atoms with Crippen LogP contribution in [-0.2, 0) is 16.4 Å². The standard InChI is InChI=1S/C13H22N4O2S2/c1-14-13(16-11-12-3-2-8-20-12)15-4-5-17-6-9-21(18,19)10-7-17/h2-3,8H,4-7,9-11H2,1H3,(H2,14,15,16). The highest BCUT2D eigenvalue weighted by Crippen LogP contribution is 2.07. The molecule has 0 amide bonds. The molecule has 1 fully saturated rings. The van der Waals surface area contributed by atoms with Gasteiger partial charge in [-0.2, -0.15) is 0 Å². The minimum Gasteiger partial charge on any atom is -0.355 e. The molecular weight excluding hydrogens is 308 g/mol. The van der Waals surface area contributed by atoms with Crippen molar-refractivity contribution in [2.45, 2.75) is 6.54 Å². The number of hydrogen-bond donors (Lipinski definition) is 2. The van der Waals surface area contributed by atoms with Gasteiger partial charge in [-0.05, 0) is 11.4 Å². The van der Waals surface area contributed by atoms with Crippen molar-refractivity contribution < 1.29 is 8.42 Å². The average Bonchev–Trinajstić information content (AvgIpc) is 2.97. The van der Waals surface area contributed by atoms with Gasteiger partial charge in [-0.15, -0.1) is 11.3 Å². The van der Waals surface area contributed by atoms with Gasteiger partial charge >= 0.3 is 0 Å². The Kier molecular flexibility index (Phi) is 6.01. The summed E-state index contributed by atoms with van der Waals surface area (Å²) < 4.78 is 22.7. The van der Waals surface area contributed by atoms with E-state index >= 15 is 0 Å². The molecule has 2 rings (SSSR count). The fraction of sp³-hybridized carbons (Fsp3) is 0.615. The third-order valence-corrected chi connectivity index (χ3v) is 5.88. The van der Waals surface area contributed by atoms with E-state index in [2.05, 4.69) is 32.0 Å². The van der Waals surface area contributed by atoms with Crippen LogP contribution in [0.1, 0.15) is 4.88 Å². The molecule has 1 aliphatic rings. The van der Waals surface area contributed by atoms with Gasteiger partial charge in [0, 0.05) is 38.1 Å². The van der Waals surface area contributed by atoms with Crippen LogP contribution in [0.2, 0.25) is 0 Å². The van der Waals surface area contributed by atoms with Crippen LogP contribution in [0.3, 0.4) is 0 Å². The predicted molar refractivity (Wildman–Crippen MR) is 87.6 cm³/mol. The van der Waals surface area contributed by atoms with E-state index < -0.39 is 9.84 Å². The van der Waals surface area contributed by atoms with E-state index in [1.165, 1.54) is 4.88 Å². The van der Waals surface area contributed by atoms with E-state index in [1.54, 1.807) is 18.4 Å². The van der Waals surface area contributed by atoms with E-state index in [1.807, 2.05) is 6.07 Å². The largest absolute Gasteiger partial charge is 0.355 e. The smallest absolute Gasteiger partial charge is 0.191 e. The number of nitrogens with one attached hydrogen (secondary N) is 2. The van der Waals surface area contributed by atoms with Crippen molar-refractivity contribution >= 4 is 27.1 Å². The van der Waals surface area contributed by atoms with Crippen LogP contribution >= 0.6 is 11.3 Å². The lowest BCUT2D eigenvalue weighted by Crippen LogP contribution is -2.45. The number of guanidine groups is 1. The third kappa shape index (κ3) is 5.64. The lowest BCUT2D eigenvalue weighted by atomic mass is 10.4. The molecule has 0 atom stereocenters. The topological polar surface area (TPSA) is 73.8 Å². The molecule has 0 saturated carbocycles. The summed E-state index contributed by atoms with van der Waals surface area (Å²) in [5.41, 5.74) is 0. The summed E-state index contributed by atoms with van der Waals surface area (Å²) in [6.07, 6.45) is 0. The lowest BCUT2D eigenvalue weighted by Gasteiger charge is -2.26. The van der Waals surface area contributed by atoms with Gasteiger partial charge in [0.15, 0.2) is 15.8 Å². The van der Waals surface area contributed by atoms with Crippen LogP contribution in [0.25, 0.3) is 0 Å². The predicted octanol–water partition coefficient (Wildman–Crippen LogP) is 0.144. The first kappa shape index (κ1) is 16.3. The summed E-state index contributed by atoms with van der Waals surface area (Å²) >= 11 is 1.71. The highest BCUT2D eigenvalue weighted by atomic mass is 32.2. The summed E-state index contributed by atoms with van der Waals surface area (Å²) in [5, 5.41) is 8.56. The maximum Gasteiger partial charge on any atom is 0.191 e. The molecule has 0 bridgehead atoms. The van der Waals surface area contributed by atoms with Crippen LogP contribution < -0.4 is 10.6 Å². The first-order valence-corrected chi connectivity index (χ1v) is 9.69. The fourth-order valence-electron chi connectivity index (χ4n) is 2.11. The maximum absolute atomic E-state index is 11.4. The number of sulfone groups is 1. The molecule has 118 valence electrons. The molecule has 0 aromatic carbocycles. The Hall–Kier alpha value is -1.12. The van der Waals surface area contributed by atoms with Crippen molar-refractivity contribution in [3.05, 3.63) is 22.4 Å². The van der Waals surface area contributed by atoms with Crippen molar-refractivity contribution in [3.63, 3.8) is 0 Å². The highest BCUT2D eigenvalue weighted by molar-refractivity contribution is 7.91. The molecule has 1 aliphatic heterocycles. The van der Waals surface area contributed by atoms with E-state index in [9.17, 15) is 8.42 Å². The van der Waals surface area contributed by atoms with Gasteiger partial charge in [-0.25, -0.2) is 8.42 Å².